The third-order valence-corrected chi connectivity index (χ3v) is 6.21. The molecule has 27 heavy (non-hydrogen) atoms. The number of nitrogens with two attached hydrogens (primary N) is 1. The van der Waals surface area contributed by atoms with E-state index >= 15 is 0 Å². The Morgan fingerprint density at radius 1 is 0.963 bits per heavy atom. The van der Waals surface area contributed by atoms with Gasteiger partial charge in [0.25, 0.3) is 0 Å². The van der Waals surface area contributed by atoms with Crippen LogP contribution in [0.1, 0.15) is 18.4 Å². The maximum absolute atomic E-state index is 12.1. The number of carbonyl (C=O) groups excluding carboxylic acids is 1. The molecule has 1 aliphatic rings. The lowest BCUT2D eigenvalue weighted by Gasteiger charge is -2.38. The van der Waals surface area contributed by atoms with E-state index in [0.717, 1.165) is 38.0 Å². The maximum Gasteiger partial charge on any atom is 0.319 e. The number of hydrogen-bond donors (Lipinski definition) is 1. The number of primary amides is 1. The molecule has 3 rings (SSSR count). The predicted octanol–water partition coefficient (Wildman–Crippen LogP) is 5.85. The summed E-state index contributed by atoms with van der Waals surface area (Å²) >= 11 is 24.1. The third-order valence-electron chi connectivity index (χ3n) is 4.73. The van der Waals surface area contributed by atoms with E-state index < -0.39 is 6.03 Å². The van der Waals surface area contributed by atoms with Crippen molar-refractivity contribution in [3.63, 3.8) is 0 Å². The number of rotatable bonds is 4. The van der Waals surface area contributed by atoms with Crippen molar-refractivity contribution in [1.29, 1.82) is 0 Å². The number of urea groups is 1. The molecule has 1 fully saturated rings. The first-order valence-corrected chi connectivity index (χ1v) is 10.1. The Kier molecular flexibility index (Phi) is 6.77. The summed E-state index contributed by atoms with van der Waals surface area (Å²) in [6.07, 6.45) is 1.62. The van der Waals surface area contributed by atoms with Crippen molar-refractivity contribution in [2.24, 2.45) is 5.73 Å². The van der Waals surface area contributed by atoms with Crippen LogP contribution >= 0.6 is 46.4 Å². The number of likely N-dealkylation sites (tertiary alicyclic amines) is 1. The monoisotopic (exact) mass is 445 g/mol. The number of piperidine rings is 1. The smallest absolute Gasteiger partial charge is 0.319 e. The van der Waals surface area contributed by atoms with E-state index in [2.05, 4.69) is 4.90 Å². The Bertz CT molecular complexity index is 838. The Morgan fingerprint density at radius 2 is 1.56 bits per heavy atom. The van der Waals surface area contributed by atoms with Crippen LogP contribution in [0.15, 0.2) is 36.4 Å². The van der Waals surface area contributed by atoms with Crippen LogP contribution in [0.2, 0.25) is 20.1 Å². The van der Waals surface area contributed by atoms with E-state index in [1.807, 2.05) is 18.2 Å². The van der Waals surface area contributed by atoms with Gasteiger partial charge in [-0.2, -0.15) is 0 Å². The minimum absolute atomic E-state index is 0.0183. The summed E-state index contributed by atoms with van der Waals surface area (Å²) < 4.78 is 0. The van der Waals surface area contributed by atoms with Gasteiger partial charge in [0.05, 0.1) is 20.1 Å². The van der Waals surface area contributed by atoms with Crippen LogP contribution in [0.4, 0.5) is 10.5 Å². The van der Waals surface area contributed by atoms with Crippen LogP contribution < -0.4 is 10.6 Å². The molecule has 0 atom stereocenters. The minimum atomic E-state index is -0.490. The Labute approximate surface area is 178 Å². The molecule has 1 saturated heterocycles. The molecule has 2 amide bonds. The van der Waals surface area contributed by atoms with Gasteiger partial charge in [0, 0.05) is 31.4 Å². The number of anilines is 1. The number of carbonyl (C=O) groups is 1. The Morgan fingerprint density at radius 3 is 2.11 bits per heavy atom. The van der Waals surface area contributed by atoms with E-state index in [9.17, 15) is 4.79 Å². The van der Waals surface area contributed by atoms with E-state index in [0.29, 0.717) is 25.8 Å². The van der Waals surface area contributed by atoms with Gasteiger partial charge in [-0.3, -0.25) is 9.80 Å². The van der Waals surface area contributed by atoms with Gasteiger partial charge in [-0.15, -0.1) is 0 Å². The summed E-state index contributed by atoms with van der Waals surface area (Å²) in [5, 5.41) is 1.96. The van der Waals surface area contributed by atoms with E-state index in [1.54, 1.807) is 23.1 Å². The SMILES string of the molecule is NC(=O)N(c1ccc(Cl)c(Cl)c1)C1CCN(Cc2ccc(Cl)c(Cl)c2)CC1. The molecule has 0 saturated carbocycles. The summed E-state index contributed by atoms with van der Waals surface area (Å²) in [6.45, 7) is 2.47. The largest absolute Gasteiger partial charge is 0.351 e. The summed E-state index contributed by atoms with van der Waals surface area (Å²) in [7, 11) is 0. The van der Waals surface area contributed by atoms with Gasteiger partial charge >= 0.3 is 6.03 Å². The number of benzene rings is 2. The molecule has 0 aliphatic carbocycles. The molecular formula is C19H19Cl4N3O. The summed E-state index contributed by atoms with van der Waals surface area (Å²) in [5.74, 6) is 0. The quantitative estimate of drug-likeness (QED) is 0.640. The van der Waals surface area contributed by atoms with Gasteiger partial charge in [-0.05, 0) is 48.7 Å². The minimum Gasteiger partial charge on any atom is -0.351 e. The topological polar surface area (TPSA) is 49.6 Å². The van der Waals surface area contributed by atoms with Crippen LogP contribution in [0, 0.1) is 0 Å². The molecule has 2 aromatic carbocycles. The van der Waals surface area contributed by atoms with Crippen molar-refractivity contribution in [3.8, 4) is 0 Å². The molecule has 8 heteroatoms. The number of nitrogens with zero attached hydrogens (tertiary/aromatic N) is 2. The van der Waals surface area contributed by atoms with Gasteiger partial charge in [0.1, 0.15) is 0 Å². The number of halogens is 4. The first kappa shape index (κ1) is 20.6. The standard InChI is InChI=1S/C19H19Cl4N3O/c20-15-3-1-12(9-17(15)22)11-25-7-5-13(6-8-25)26(19(24)27)14-2-4-16(21)18(23)10-14/h1-4,9-10,13H,5-8,11H2,(H2,24,27). The number of hydrogen-bond acceptors (Lipinski definition) is 2. The van der Waals surface area contributed by atoms with Crippen molar-refractivity contribution in [1.82, 2.24) is 4.90 Å². The zero-order chi connectivity index (χ0) is 19.6. The van der Waals surface area contributed by atoms with Crippen molar-refractivity contribution >= 4 is 58.1 Å². The van der Waals surface area contributed by atoms with Crippen LogP contribution in [0.5, 0.6) is 0 Å². The first-order valence-electron chi connectivity index (χ1n) is 8.55. The van der Waals surface area contributed by atoms with Crippen molar-refractivity contribution in [2.75, 3.05) is 18.0 Å². The van der Waals surface area contributed by atoms with E-state index in [1.165, 1.54) is 0 Å². The first-order chi connectivity index (χ1) is 12.8. The van der Waals surface area contributed by atoms with Gasteiger partial charge in [0.15, 0.2) is 0 Å². The predicted molar refractivity (Wildman–Crippen MR) is 113 cm³/mol. The van der Waals surface area contributed by atoms with Gasteiger partial charge < -0.3 is 5.73 Å². The van der Waals surface area contributed by atoms with Crippen molar-refractivity contribution in [3.05, 3.63) is 62.1 Å². The fourth-order valence-corrected chi connectivity index (χ4v) is 4.00. The van der Waals surface area contributed by atoms with Crippen LogP contribution in [-0.4, -0.2) is 30.1 Å². The van der Waals surface area contributed by atoms with Crippen LogP contribution in [-0.2, 0) is 6.54 Å². The Hall–Kier alpha value is -1.17. The Balaban J connectivity index is 1.66. The molecule has 0 radical (unpaired) electrons. The second-order valence-corrected chi connectivity index (χ2v) is 8.19. The third kappa shape index (κ3) is 5.01. The van der Waals surface area contributed by atoms with Crippen LogP contribution in [0.25, 0.3) is 0 Å². The lowest BCUT2D eigenvalue weighted by molar-refractivity contribution is 0.199. The molecule has 0 spiro atoms. The lowest BCUT2D eigenvalue weighted by Crippen LogP contribution is -2.49. The molecule has 4 nitrogen and oxygen atoms in total. The highest BCUT2D eigenvalue weighted by molar-refractivity contribution is 6.42. The van der Waals surface area contributed by atoms with E-state index in [-0.39, 0.29) is 6.04 Å². The fraction of sp³-hybridized carbons (Fsp3) is 0.316. The second-order valence-electron chi connectivity index (χ2n) is 6.56. The highest BCUT2D eigenvalue weighted by Gasteiger charge is 2.28. The summed E-state index contributed by atoms with van der Waals surface area (Å²) in [4.78, 5) is 16.0. The van der Waals surface area contributed by atoms with Gasteiger partial charge in [-0.25, -0.2) is 4.79 Å². The maximum atomic E-state index is 12.1. The fourth-order valence-electron chi connectivity index (χ4n) is 3.38. The molecule has 144 valence electrons. The molecule has 1 aliphatic heterocycles. The molecule has 2 aromatic rings. The van der Waals surface area contributed by atoms with Crippen LogP contribution in [0.3, 0.4) is 0 Å². The van der Waals surface area contributed by atoms with Gasteiger partial charge in [0.2, 0.25) is 0 Å². The molecule has 0 aromatic heterocycles. The number of amides is 2. The highest BCUT2D eigenvalue weighted by Crippen LogP contribution is 2.31. The molecule has 0 bridgehead atoms. The van der Waals surface area contributed by atoms with Crippen molar-refractivity contribution in [2.45, 2.75) is 25.4 Å². The zero-order valence-corrected chi connectivity index (χ0v) is 17.5. The average molecular weight is 447 g/mol. The molecule has 1 heterocycles. The normalized spacial score (nSPS) is 15.7. The summed E-state index contributed by atoms with van der Waals surface area (Å²) in [6, 6.07) is 10.3. The molecule has 2 N–H and O–H groups in total. The van der Waals surface area contributed by atoms with Gasteiger partial charge in [-0.1, -0.05) is 52.5 Å². The van der Waals surface area contributed by atoms with Crippen molar-refractivity contribution < 1.29 is 4.79 Å². The summed E-state index contributed by atoms with van der Waals surface area (Å²) in [5.41, 5.74) is 7.42. The average Bonchev–Trinajstić information content (AvgIpc) is 2.62. The molecular weight excluding hydrogens is 428 g/mol. The zero-order valence-electron chi connectivity index (χ0n) is 14.5. The van der Waals surface area contributed by atoms with E-state index in [4.69, 9.17) is 52.1 Å². The lowest BCUT2D eigenvalue weighted by atomic mass is 10.0. The second kappa shape index (κ2) is 8.89. The molecule has 0 unspecified atom stereocenters. The highest BCUT2D eigenvalue weighted by atomic mass is 35.5.